The predicted molar refractivity (Wildman–Crippen MR) is 117 cm³/mol. The molecule has 3 N–H and O–H groups in total. The topological polar surface area (TPSA) is 38.0 Å². The van der Waals surface area contributed by atoms with Crippen molar-refractivity contribution in [1.29, 1.82) is 0 Å². The average Bonchev–Trinajstić information content (AvgIpc) is 2.63. The van der Waals surface area contributed by atoms with E-state index in [4.69, 9.17) is 5.73 Å². The molecule has 0 unspecified atom stereocenters. The fourth-order valence-electron chi connectivity index (χ4n) is 2.11. The molecule has 0 bridgehead atoms. The third kappa shape index (κ3) is 10.2. The molecule has 0 aromatic heterocycles. The fraction of sp³-hybridized carbons (Fsp3) is 0.250. The molecule has 0 saturated heterocycles. The van der Waals surface area contributed by atoms with Gasteiger partial charge in [-0.3, -0.25) is 0 Å². The first-order valence-corrected chi connectivity index (χ1v) is 9.20. The summed E-state index contributed by atoms with van der Waals surface area (Å²) in [6.45, 7) is 7.96. The third-order valence-corrected chi connectivity index (χ3v) is 3.99. The van der Waals surface area contributed by atoms with Crippen molar-refractivity contribution in [3.8, 4) is 0 Å². The van der Waals surface area contributed by atoms with Crippen LogP contribution in [-0.4, -0.2) is 0 Å². The van der Waals surface area contributed by atoms with Crippen molar-refractivity contribution in [2.75, 3.05) is 11.1 Å². The molecule has 1 fully saturated rings. The van der Waals surface area contributed by atoms with Crippen molar-refractivity contribution in [3.63, 3.8) is 0 Å². The van der Waals surface area contributed by atoms with Crippen LogP contribution >= 0.6 is 0 Å². The predicted octanol–water partition coefficient (Wildman–Crippen LogP) is 6.74. The van der Waals surface area contributed by atoms with Crippen molar-refractivity contribution >= 4 is 11.4 Å². The Labute approximate surface area is 159 Å². The lowest BCUT2D eigenvalue weighted by Gasteiger charge is -2.18. The van der Waals surface area contributed by atoms with Crippen LogP contribution in [0.1, 0.15) is 31.7 Å². The van der Waals surface area contributed by atoms with E-state index in [2.05, 4.69) is 37.9 Å². The highest BCUT2D eigenvalue weighted by Gasteiger charge is 2.09. The number of aryl methyl sites for hydroxylation is 1. The lowest BCUT2D eigenvalue weighted by molar-refractivity contribution is 0.346. The SMILES string of the molecule is C=C/C=C\C=C/Nc1ccccc1N.CC1CCC1.Cc1ccccc1. The summed E-state index contributed by atoms with van der Waals surface area (Å²) >= 11 is 0. The van der Waals surface area contributed by atoms with E-state index in [1.807, 2.05) is 66.9 Å². The minimum atomic E-state index is 0.741. The first-order valence-electron chi connectivity index (χ1n) is 9.20. The van der Waals surface area contributed by atoms with Crippen molar-refractivity contribution < 1.29 is 0 Å². The Balaban J connectivity index is 0.000000231. The van der Waals surface area contributed by atoms with Gasteiger partial charge in [0.2, 0.25) is 0 Å². The maximum absolute atomic E-state index is 5.73. The number of para-hydroxylation sites is 2. The second kappa shape index (κ2) is 13.5. The maximum Gasteiger partial charge on any atom is 0.0613 e. The van der Waals surface area contributed by atoms with Crippen molar-refractivity contribution in [2.45, 2.75) is 33.1 Å². The van der Waals surface area contributed by atoms with Gasteiger partial charge in [-0.15, -0.1) is 0 Å². The van der Waals surface area contributed by atoms with E-state index in [0.29, 0.717) is 0 Å². The number of nitrogen functional groups attached to an aromatic ring is 1. The van der Waals surface area contributed by atoms with Gasteiger partial charge in [-0.2, -0.15) is 0 Å². The average molecular weight is 349 g/mol. The molecule has 138 valence electrons. The van der Waals surface area contributed by atoms with Crippen molar-refractivity contribution in [3.05, 3.63) is 97.2 Å². The molecule has 3 rings (SSSR count). The van der Waals surface area contributed by atoms with Gasteiger partial charge in [0, 0.05) is 6.20 Å². The van der Waals surface area contributed by atoms with Gasteiger partial charge in [0.05, 0.1) is 11.4 Å². The molecular weight excluding hydrogens is 316 g/mol. The van der Waals surface area contributed by atoms with E-state index in [-0.39, 0.29) is 0 Å². The van der Waals surface area contributed by atoms with Crippen LogP contribution in [0.25, 0.3) is 0 Å². The van der Waals surface area contributed by atoms with Gasteiger partial charge in [-0.1, -0.05) is 99.0 Å². The maximum atomic E-state index is 5.73. The second-order valence-electron chi connectivity index (χ2n) is 6.40. The van der Waals surface area contributed by atoms with E-state index in [9.17, 15) is 0 Å². The monoisotopic (exact) mass is 348 g/mol. The number of allylic oxidation sites excluding steroid dienone is 4. The molecule has 0 aliphatic heterocycles. The van der Waals surface area contributed by atoms with E-state index >= 15 is 0 Å². The fourth-order valence-corrected chi connectivity index (χ4v) is 2.11. The smallest absolute Gasteiger partial charge is 0.0613 e. The number of hydrogen-bond donors (Lipinski definition) is 2. The highest BCUT2D eigenvalue weighted by Crippen LogP contribution is 2.24. The van der Waals surface area contributed by atoms with E-state index < -0.39 is 0 Å². The van der Waals surface area contributed by atoms with Crippen LogP contribution in [0.3, 0.4) is 0 Å². The highest BCUT2D eigenvalue weighted by molar-refractivity contribution is 5.66. The zero-order valence-corrected chi connectivity index (χ0v) is 16.1. The van der Waals surface area contributed by atoms with Crippen LogP contribution in [-0.2, 0) is 0 Å². The lowest BCUT2D eigenvalue weighted by Crippen LogP contribution is -2.04. The summed E-state index contributed by atoms with van der Waals surface area (Å²) < 4.78 is 0. The molecule has 0 spiro atoms. The summed E-state index contributed by atoms with van der Waals surface area (Å²) in [6, 6.07) is 17.9. The number of benzene rings is 2. The quantitative estimate of drug-likeness (QED) is 0.474. The van der Waals surface area contributed by atoms with Gasteiger partial charge in [0.1, 0.15) is 0 Å². The minimum Gasteiger partial charge on any atom is -0.397 e. The summed E-state index contributed by atoms with van der Waals surface area (Å²) in [5, 5.41) is 3.08. The van der Waals surface area contributed by atoms with E-state index in [1.165, 1.54) is 24.8 Å². The Morgan fingerprint density at radius 1 is 0.962 bits per heavy atom. The standard InChI is InChI=1S/C12H14N2.C7H8.C5H10/c1-2-3-4-7-10-14-12-9-6-5-8-11(12)13;1-7-5-3-2-4-6-7;1-5-3-2-4-5/h2-10,14H,1,13H2;2-6H,1H3;5H,2-4H2,1H3/b4-3-,10-7-;;. The second-order valence-corrected chi connectivity index (χ2v) is 6.40. The summed E-state index contributed by atoms with van der Waals surface area (Å²) in [4.78, 5) is 0. The molecule has 2 heteroatoms. The Morgan fingerprint density at radius 3 is 2.04 bits per heavy atom. The molecule has 1 saturated carbocycles. The van der Waals surface area contributed by atoms with E-state index in [0.717, 1.165) is 17.3 Å². The molecule has 0 radical (unpaired) electrons. The van der Waals surface area contributed by atoms with Gasteiger partial charge in [-0.05, 0) is 31.1 Å². The zero-order valence-electron chi connectivity index (χ0n) is 16.1. The van der Waals surface area contributed by atoms with Crippen LogP contribution in [0, 0.1) is 12.8 Å². The Kier molecular flexibility index (Phi) is 11.1. The summed E-state index contributed by atoms with van der Waals surface area (Å²) in [5.41, 5.74) is 8.71. The van der Waals surface area contributed by atoms with Gasteiger partial charge < -0.3 is 11.1 Å². The molecule has 2 nitrogen and oxygen atoms in total. The molecule has 26 heavy (non-hydrogen) atoms. The summed E-state index contributed by atoms with van der Waals surface area (Å²) in [7, 11) is 0. The molecule has 1 aliphatic rings. The molecule has 2 aromatic carbocycles. The minimum absolute atomic E-state index is 0.741. The third-order valence-electron chi connectivity index (χ3n) is 3.99. The first-order chi connectivity index (χ1) is 12.6. The van der Waals surface area contributed by atoms with Crippen molar-refractivity contribution in [1.82, 2.24) is 0 Å². The van der Waals surface area contributed by atoms with Crippen LogP contribution < -0.4 is 11.1 Å². The number of nitrogens with two attached hydrogens (primary N) is 1. The van der Waals surface area contributed by atoms with Crippen LogP contribution in [0.2, 0.25) is 0 Å². The van der Waals surface area contributed by atoms with Gasteiger partial charge in [0.15, 0.2) is 0 Å². The normalized spacial score (nSPS) is 13.2. The summed E-state index contributed by atoms with van der Waals surface area (Å²) in [6.07, 6.45) is 13.6. The molecule has 0 atom stereocenters. The van der Waals surface area contributed by atoms with Crippen LogP contribution in [0.4, 0.5) is 11.4 Å². The zero-order chi connectivity index (χ0) is 19.0. The molecule has 0 amide bonds. The van der Waals surface area contributed by atoms with Gasteiger partial charge in [-0.25, -0.2) is 0 Å². The summed E-state index contributed by atoms with van der Waals surface area (Å²) in [5.74, 6) is 1.06. The van der Waals surface area contributed by atoms with E-state index in [1.54, 1.807) is 6.08 Å². The Bertz CT molecular complexity index is 668. The Hall–Kier alpha value is -2.74. The molecular formula is C24H32N2. The largest absolute Gasteiger partial charge is 0.397 e. The number of hydrogen-bond acceptors (Lipinski definition) is 2. The number of nitrogens with one attached hydrogen (secondary N) is 1. The van der Waals surface area contributed by atoms with Gasteiger partial charge in [0.25, 0.3) is 0 Å². The molecule has 0 heterocycles. The van der Waals surface area contributed by atoms with Gasteiger partial charge >= 0.3 is 0 Å². The Morgan fingerprint density at radius 2 is 1.58 bits per heavy atom. The van der Waals surface area contributed by atoms with Crippen LogP contribution in [0.5, 0.6) is 0 Å². The van der Waals surface area contributed by atoms with Crippen molar-refractivity contribution in [2.24, 2.45) is 5.92 Å². The van der Waals surface area contributed by atoms with Crippen LogP contribution in [0.15, 0.2) is 91.7 Å². The molecule has 1 aliphatic carbocycles. The number of rotatable bonds is 4. The lowest BCUT2D eigenvalue weighted by atomic mass is 9.88. The number of anilines is 2. The first kappa shape index (κ1) is 21.3. The highest BCUT2D eigenvalue weighted by atomic mass is 14.9. The molecule has 2 aromatic rings.